The lowest BCUT2D eigenvalue weighted by molar-refractivity contribution is -0.110. The third-order valence-corrected chi connectivity index (χ3v) is 5.39. The van der Waals surface area contributed by atoms with Gasteiger partial charge in [-0.2, -0.15) is 0 Å². The number of carbonyl (C=O) groups excluding carboxylic acids is 1. The van der Waals surface area contributed by atoms with Crippen LogP contribution in [0.2, 0.25) is 0 Å². The molecule has 5 rings (SSSR count). The van der Waals surface area contributed by atoms with Crippen LogP contribution in [0, 0.1) is 13.8 Å². The molecule has 0 unspecified atom stereocenters. The van der Waals surface area contributed by atoms with Crippen LogP contribution in [0.4, 0.5) is 5.69 Å². The van der Waals surface area contributed by atoms with Crippen molar-refractivity contribution in [3.05, 3.63) is 99.6 Å². The fraction of sp³-hybridized carbons (Fsp3) is 0.0800. The van der Waals surface area contributed by atoms with E-state index in [4.69, 9.17) is 4.98 Å². The molecule has 30 heavy (non-hydrogen) atoms. The van der Waals surface area contributed by atoms with Crippen LogP contribution in [0.1, 0.15) is 22.5 Å². The largest absolute Gasteiger partial charge is 0.321 e. The van der Waals surface area contributed by atoms with Gasteiger partial charge < -0.3 is 5.32 Å². The van der Waals surface area contributed by atoms with Gasteiger partial charge in [0.25, 0.3) is 11.5 Å². The highest BCUT2D eigenvalue weighted by molar-refractivity contribution is 6.34. The van der Waals surface area contributed by atoms with Crippen LogP contribution in [0.25, 0.3) is 28.2 Å². The van der Waals surface area contributed by atoms with Crippen molar-refractivity contribution >= 4 is 34.1 Å². The van der Waals surface area contributed by atoms with E-state index in [1.54, 1.807) is 16.7 Å². The number of hydrogen-bond acceptors (Lipinski definition) is 3. The zero-order chi connectivity index (χ0) is 20.8. The van der Waals surface area contributed by atoms with Crippen LogP contribution in [0.5, 0.6) is 0 Å². The van der Waals surface area contributed by atoms with E-state index in [0.717, 1.165) is 28.1 Å². The predicted octanol–water partition coefficient (Wildman–Crippen LogP) is 4.50. The molecule has 4 aromatic rings. The maximum absolute atomic E-state index is 13.5. The first-order chi connectivity index (χ1) is 14.5. The second kappa shape index (κ2) is 6.81. The van der Waals surface area contributed by atoms with Gasteiger partial charge in [-0.05, 0) is 55.8 Å². The van der Waals surface area contributed by atoms with Gasteiger partial charge in [0.1, 0.15) is 5.82 Å². The minimum absolute atomic E-state index is 0.162. The molecule has 1 N–H and O–H groups in total. The Morgan fingerprint density at radius 3 is 2.53 bits per heavy atom. The van der Waals surface area contributed by atoms with Crippen LogP contribution < -0.4 is 10.9 Å². The van der Waals surface area contributed by atoms with Gasteiger partial charge in [-0.1, -0.05) is 42.0 Å². The summed E-state index contributed by atoms with van der Waals surface area (Å²) in [6, 6.07) is 20.8. The van der Waals surface area contributed by atoms with Gasteiger partial charge in [0.05, 0.1) is 22.2 Å². The summed E-state index contributed by atoms with van der Waals surface area (Å²) in [5.74, 6) is 0.224. The molecule has 3 aromatic carbocycles. The first kappa shape index (κ1) is 18.1. The van der Waals surface area contributed by atoms with Gasteiger partial charge in [0, 0.05) is 11.3 Å². The highest BCUT2D eigenvalue weighted by Crippen LogP contribution is 2.33. The van der Waals surface area contributed by atoms with Crippen molar-refractivity contribution in [2.24, 2.45) is 0 Å². The minimum atomic E-state index is -0.200. The molecule has 146 valence electrons. The first-order valence-corrected chi connectivity index (χ1v) is 9.75. The molecule has 0 radical (unpaired) electrons. The van der Waals surface area contributed by atoms with Crippen LogP contribution in [-0.4, -0.2) is 15.5 Å². The maximum atomic E-state index is 13.5. The number of carbonyl (C=O) groups is 1. The molecule has 1 aliphatic rings. The Hall–Kier alpha value is -3.99. The van der Waals surface area contributed by atoms with Crippen molar-refractivity contribution in [2.75, 3.05) is 5.32 Å². The third-order valence-electron chi connectivity index (χ3n) is 5.39. The summed E-state index contributed by atoms with van der Waals surface area (Å²) in [5.41, 5.74) is 5.27. The van der Waals surface area contributed by atoms with Crippen LogP contribution in [-0.2, 0) is 4.79 Å². The highest BCUT2D eigenvalue weighted by atomic mass is 16.2. The number of amides is 1. The smallest absolute Gasteiger partial charge is 0.266 e. The molecule has 0 aliphatic carbocycles. The molecule has 0 saturated heterocycles. The summed E-state index contributed by atoms with van der Waals surface area (Å²) in [4.78, 5) is 30.9. The zero-order valence-corrected chi connectivity index (χ0v) is 16.6. The lowest BCUT2D eigenvalue weighted by atomic mass is 10.0. The second-order valence-corrected chi connectivity index (χ2v) is 7.48. The fourth-order valence-corrected chi connectivity index (χ4v) is 3.87. The van der Waals surface area contributed by atoms with Crippen molar-refractivity contribution in [1.29, 1.82) is 0 Å². The number of anilines is 1. The van der Waals surface area contributed by atoms with Crippen LogP contribution in [0.15, 0.2) is 71.5 Å². The first-order valence-electron chi connectivity index (χ1n) is 9.75. The molecular weight excluding hydrogens is 374 g/mol. The molecule has 1 aromatic heterocycles. The topological polar surface area (TPSA) is 64.0 Å². The standard InChI is InChI=1S/C25H19N3O2/c1-15-11-12-21-18(13-15)19(24(29)27-21)14-23-26-20-9-5-4-8-17(20)25(30)28(23)22-10-6-3-7-16(22)2/h3-14H,1-2H3,(H,27,29). The Morgan fingerprint density at radius 1 is 0.933 bits per heavy atom. The van der Waals surface area contributed by atoms with E-state index in [1.807, 2.05) is 74.5 Å². The molecule has 0 atom stereocenters. The van der Waals surface area contributed by atoms with Crippen molar-refractivity contribution in [3.8, 4) is 5.69 Å². The molecule has 0 bridgehead atoms. The predicted molar refractivity (Wildman–Crippen MR) is 120 cm³/mol. The molecule has 1 aliphatic heterocycles. The number of nitrogens with zero attached hydrogens (tertiary/aromatic N) is 2. The molecule has 1 amide bonds. The number of hydrogen-bond donors (Lipinski definition) is 1. The molecule has 0 saturated carbocycles. The van der Waals surface area contributed by atoms with E-state index >= 15 is 0 Å². The third kappa shape index (κ3) is 2.83. The Kier molecular flexibility index (Phi) is 4.10. The summed E-state index contributed by atoms with van der Waals surface area (Å²) >= 11 is 0. The molecule has 0 spiro atoms. The fourth-order valence-electron chi connectivity index (χ4n) is 3.87. The van der Waals surface area contributed by atoms with Gasteiger partial charge in [0.2, 0.25) is 0 Å². The van der Waals surface area contributed by atoms with E-state index < -0.39 is 0 Å². The maximum Gasteiger partial charge on any atom is 0.266 e. The van der Waals surface area contributed by atoms with Crippen LogP contribution in [0.3, 0.4) is 0 Å². The minimum Gasteiger partial charge on any atom is -0.321 e. The molecule has 5 heteroatoms. The number of aromatic nitrogens is 2. The van der Waals surface area contributed by atoms with E-state index in [1.165, 1.54) is 0 Å². The number of aryl methyl sites for hydroxylation is 2. The number of fused-ring (bicyclic) bond motifs is 2. The van der Waals surface area contributed by atoms with Gasteiger partial charge in [-0.15, -0.1) is 0 Å². The van der Waals surface area contributed by atoms with E-state index in [0.29, 0.717) is 22.3 Å². The second-order valence-electron chi connectivity index (χ2n) is 7.48. The zero-order valence-electron chi connectivity index (χ0n) is 16.6. The Morgan fingerprint density at radius 2 is 1.70 bits per heavy atom. The lowest BCUT2D eigenvalue weighted by Gasteiger charge is -2.14. The number of para-hydroxylation sites is 2. The van der Waals surface area contributed by atoms with E-state index in [2.05, 4.69) is 5.32 Å². The Balaban J connectivity index is 1.84. The molecule has 5 nitrogen and oxygen atoms in total. The highest BCUT2D eigenvalue weighted by Gasteiger charge is 2.25. The summed E-state index contributed by atoms with van der Waals surface area (Å²) in [5, 5.41) is 3.43. The lowest BCUT2D eigenvalue weighted by Crippen LogP contribution is -2.23. The summed E-state index contributed by atoms with van der Waals surface area (Å²) in [6.45, 7) is 3.94. The SMILES string of the molecule is Cc1ccc2c(c1)C(=Cc1nc3ccccc3c(=O)n1-c1ccccc1C)C(=O)N2. The monoisotopic (exact) mass is 393 g/mol. The molecule has 2 heterocycles. The summed E-state index contributed by atoms with van der Waals surface area (Å²) in [6.07, 6.45) is 1.71. The average molecular weight is 393 g/mol. The van der Waals surface area contributed by atoms with Gasteiger partial charge in [0.15, 0.2) is 0 Å². The quantitative estimate of drug-likeness (QED) is 0.510. The average Bonchev–Trinajstić information content (AvgIpc) is 3.04. The normalized spacial score (nSPS) is 14.2. The number of benzene rings is 3. The van der Waals surface area contributed by atoms with E-state index in [9.17, 15) is 9.59 Å². The van der Waals surface area contributed by atoms with Gasteiger partial charge in [-0.25, -0.2) is 4.98 Å². The van der Waals surface area contributed by atoms with E-state index in [-0.39, 0.29) is 11.5 Å². The van der Waals surface area contributed by atoms with Gasteiger partial charge in [-0.3, -0.25) is 14.2 Å². The van der Waals surface area contributed by atoms with Crippen molar-refractivity contribution in [2.45, 2.75) is 13.8 Å². The van der Waals surface area contributed by atoms with Gasteiger partial charge >= 0.3 is 0 Å². The van der Waals surface area contributed by atoms with Crippen molar-refractivity contribution in [1.82, 2.24) is 9.55 Å². The molecule has 0 fully saturated rings. The Bertz CT molecular complexity index is 1430. The Labute approximate surface area is 173 Å². The molecular formula is C25H19N3O2. The van der Waals surface area contributed by atoms with Crippen molar-refractivity contribution in [3.63, 3.8) is 0 Å². The summed E-state index contributed by atoms with van der Waals surface area (Å²) < 4.78 is 1.59. The summed E-state index contributed by atoms with van der Waals surface area (Å²) in [7, 11) is 0. The van der Waals surface area contributed by atoms with Crippen LogP contribution >= 0.6 is 0 Å². The number of rotatable bonds is 2. The number of nitrogens with one attached hydrogen (secondary N) is 1. The van der Waals surface area contributed by atoms with Crippen molar-refractivity contribution < 1.29 is 4.79 Å².